The largest absolute Gasteiger partial charge is 0.335 e. The zero-order valence-electron chi connectivity index (χ0n) is 13.7. The minimum absolute atomic E-state index is 0.111. The summed E-state index contributed by atoms with van der Waals surface area (Å²) in [5, 5.41) is 15.8. The van der Waals surface area contributed by atoms with Gasteiger partial charge in [0.05, 0.1) is 10.6 Å². The van der Waals surface area contributed by atoms with E-state index in [1.165, 1.54) is 11.1 Å². The molecule has 25 heavy (non-hydrogen) atoms. The Balaban J connectivity index is 2.02. The molecule has 0 amide bonds. The van der Waals surface area contributed by atoms with Gasteiger partial charge in [-0.1, -0.05) is 24.3 Å². The highest BCUT2D eigenvalue weighted by Crippen LogP contribution is 2.37. The lowest BCUT2D eigenvalue weighted by atomic mass is 10.1. The predicted molar refractivity (Wildman–Crippen MR) is 107 cm³/mol. The minimum atomic E-state index is -0.324. The van der Waals surface area contributed by atoms with Gasteiger partial charge in [-0.05, 0) is 69.4 Å². The van der Waals surface area contributed by atoms with Crippen LogP contribution in [0.5, 0.6) is 0 Å². The summed E-state index contributed by atoms with van der Waals surface area (Å²) in [5.74, 6) is 0. The summed E-state index contributed by atoms with van der Waals surface area (Å²) in [6, 6.07) is 14.7. The number of para-hydroxylation sites is 3. The van der Waals surface area contributed by atoms with E-state index in [-0.39, 0.29) is 10.6 Å². The molecule has 1 aromatic heterocycles. The van der Waals surface area contributed by atoms with Crippen LogP contribution in [0.25, 0.3) is 0 Å². The van der Waals surface area contributed by atoms with Gasteiger partial charge in [-0.3, -0.25) is 10.1 Å². The summed E-state index contributed by atoms with van der Waals surface area (Å²) in [6.45, 7) is 2.75. The Labute approximate surface area is 159 Å². The number of anilines is 2. The summed E-state index contributed by atoms with van der Waals surface area (Å²) in [4.78, 5) is 13.2. The first kappa shape index (κ1) is 17.6. The molecule has 0 spiro atoms. The second-order valence-electron chi connectivity index (χ2n) is 5.68. The van der Waals surface area contributed by atoms with Crippen LogP contribution in [0.15, 0.2) is 63.8 Å². The third-order valence-electron chi connectivity index (χ3n) is 4.08. The van der Waals surface area contributed by atoms with Crippen LogP contribution in [0.2, 0.25) is 0 Å². The Morgan fingerprint density at radius 1 is 1.08 bits per heavy atom. The lowest BCUT2D eigenvalue weighted by Crippen LogP contribution is -2.21. The van der Waals surface area contributed by atoms with Crippen molar-refractivity contribution in [3.8, 4) is 0 Å². The van der Waals surface area contributed by atoms with E-state index in [1.54, 1.807) is 29.5 Å². The first-order valence-electron chi connectivity index (χ1n) is 7.85. The average Bonchev–Trinajstić information content (AvgIpc) is 3.02. The van der Waals surface area contributed by atoms with Crippen molar-refractivity contribution in [2.45, 2.75) is 13.3 Å². The van der Waals surface area contributed by atoms with Gasteiger partial charge >= 0.3 is 0 Å². The molecule has 0 N–H and O–H groups in total. The molecular weight excluding hydrogens is 400 g/mol. The monoisotopic (exact) mass is 416 g/mol. The fourth-order valence-corrected chi connectivity index (χ4v) is 4.15. The zero-order chi connectivity index (χ0) is 17.8. The maximum atomic E-state index is 11.5. The molecule has 0 saturated heterocycles. The molecule has 0 aliphatic carbocycles. The second-order valence-corrected chi connectivity index (χ2v) is 7.28. The highest BCUT2D eigenvalue weighted by Gasteiger charge is 2.21. The Morgan fingerprint density at radius 2 is 1.76 bits per heavy atom. The van der Waals surface area contributed by atoms with E-state index < -0.39 is 0 Å². The van der Waals surface area contributed by atoms with Crippen molar-refractivity contribution in [3.63, 3.8) is 0 Å². The van der Waals surface area contributed by atoms with Gasteiger partial charge in [0.25, 0.3) is 5.69 Å². The number of hydrogen-bond acceptors (Lipinski definition) is 4. The van der Waals surface area contributed by atoms with Gasteiger partial charge in [0.1, 0.15) is 5.69 Å². The molecule has 0 bridgehead atoms. The first-order valence-corrected chi connectivity index (χ1v) is 9.58. The molecule has 0 radical (unpaired) electrons. The van der Waals surface area contributed by atoms with Crippen LogP contribution in [0.4, 0.5) is 17.1 Å². The number of nitro groups is 1. The molecule has 6 heteroatoms. The standard InChI is InChI=1S/C19H17BrN2O2S/c1-14-12-25-13-15(14)10-11-21(17-7-3-2-6-16(17)20)18-8-4-5-9-19(18)22(23)24/h2-9,12-13H,10-11H2,1H3. The van der Waals surface area contributed by atoms with E-state index in [9.17, 15) is 10.1 Å². The van der Waals surface area contributed by atoms with Gasteiger partial charge in [-0.15, -0.1) is 0 Å². The van der Waals surface area contributed by atoms with Crippen molar-refractivity contribution >= 4 is 44.3 Å². The van der Waals surface area contributed by atoms with Crippen LogP contribution in [0, 0.1) is 17.0 Å². The Kier molecular flexibility index (Phi) is 5.50. The second kappa shape index (κ2) is 7.80. The summed E-state index contributed by atoms with van der Waals surface area (Å²) in [6.07, 6.45) is 0.822. The molecule has 0 saturated carbocycles. The summed E-state index contributed by atoms with van der Waals surface area (Å²) >= 11 is 5.26. The maximum Gasteiger partial charge on any atom is 0.292 e. The fourth-order valence-electron chi connectivity index (χ4n) is 2.76. The molecule has 0 unspecified atom stereocenters. The van der Waals surface area contributed by atoms with Gasteiger partial charge < -0.3 is 4.90 Å². The zero-order valence-corrected chi connectivity index (χ0v) is 16.1. The number of nitrogens with zero attached hydrogens (tertiary/aromatic N) is 2. The van der Waals surface area contributed by atoms with E-state index in [1.807, 2.05) is 35.2 Å². The Bertz CT molecular complexity index is 894. The number of rotatable bonds is 6. The topological polar surface area (TPSA) is 46.4 Å². The van der Waals surface area contributed by atoms with Crippen LogP contribution >= 0.6 is 27.3 Å². The molecule has 0 aliphatic rings. The Morgan fingerprint density at radius 3 is 2.40 bits per heavy atom. The van der Waals surface area contributed by atoms with E-state index in [0.29, 0.717) is 12.2 Å². The summed E-state index contributed by atoms with van der Waals surface area (Å²) in [7, 11) is 0. The summed E-state index contributed by atoms with van der Waals surface area (Å²) in [5.41, 5.74) is 4.18. The molecular formula is C19H17BrN2O2S. The van der Waals surface area contributed by atoms with Crippen LogP contribution in [0.1, 0.15) is 11.1 Å². The first-order chi connectivity index (χ1) is 12.1. The number of nitro benzene ring substituents is 1. The smallest absolute Gasteiger partial charge is 0.292 e. The normalized spacial score (nSPS) is 10.6. The number of benzene rings is 2. The van der Waals surface area contributed by atoms with E-state index in [4.69, 9.17) is 0 Å². The molecule has 128 valence electrons. The van der Waals surface area contributed by atoms with E-state index >= 15 is 0 Å². The van der Waals surface area contributed by atoms with Crippen LogP contribution in [0.3, 0.4) is 0 Å². The van der Waals surface area contributed by atoms with Crippen molar-refractivity contribution in [1.29, 1.82) is 0 Å². The van der Waals surface area contributed by atoms with Crippen molar-refractivity contribution in [2.75, 3.05) is 11.4 Å². The van der Waals surface area contributed by atoms with Crippen molar-refractivity contribution in [1.82, 2.24) is 0 Å². The molecule has 4 nitrogen and oxygen atoms in total. The van der Waals surface area contributed by atoms with Gasteiger partial charge in [0, 0.05) is 17.1 Å². The molecule has 0 atom stereocenters. The van der Waals surface area contributed by atoms with Crippen molar-refractivity contribution in [2.24, 2.45) is 0 Å². The van der Waals surface area contributed by atoms with Gasteiger partial charge in [0.15, 0.2) is 0 Å². The van der Waals surface area contributed by atoms with E-state index in [0.717, 1.165) is 16.6 Å². The number of thiophene rings is 1. The van der Waals surface area contributed by atoms with Crippen LogP contribution < -0.4 is 4.90 Å². The third kappa shape index (κ3) is 3.91. The van der Waals surface area contributed by atoms with Gasteiger partial charge in [-0.25, -0.2) is 0 Å². The highest BCUT2D eigenvalue weighted by molar-refractivity contribution is 9.10. The average molecular weight is 417 g/mol. The van der Waals surface area contributed by atoms with Gasteiger partial charge in [0.2, 0.25) is 0 Å². The SMILES string of the molecule is Cc1cscc1CCN(c1ccccc1Br)c1ccccc1[N+](=O)[O-]. The molecule has 3 aromatic rings. The fraction of sp³-hybridized carbons (Fsp3) is 0.158. The van der Waals surface area contributed by atoms with Gasteiger partial charge in [-0.2, -0.15) is 11.3 Å². The highest BCUT2D eigenvalue weighted by atomic mass is 79.9. The third-order valence-corrected chi connectivity index (χ3v) is 5.66. The lowest BCUT2D eigenvalue weighted by molar-refractivity contribution is -0.384. The molecule has 3 rings (SSSR count). The molecule has 0 aliphatic heterocycles. The van der Waals surface area contributed by atoms with E-state index in [2.05, 4.69) is 33.6 Å². The van der Waals surface area contributed by atoms with Crippen molar-refractivity contribution < 1.29 is 4.92 Å². The summed E-state index contributed by atoms with van der Waals surface area (Å²) < 4.78 is 0.912. The lowest BCUT2D eigenvalue weighted by Gasteiger charge is -2.26. The number of aryl methyl sites for hydroxylation is 1. The van der Waals surface area contributed by atoms with Crippen LogP contribution in [-0.4, -0.2) is 11.5 Å². The van der Waals surface area contributed by atoms with Crippen LogP contribution in [-0.2, 0) is 6.42 Å². The predicted octanol–water partition coefficient (Wildman–Crippen LogP) is 6.11. The minimum Gasteiger partial charge on any atom is -0.335 e. The molecule has 2 aromatic carbocycles. The van der Waals surface area contributed by atoms with Crippen molar-refractivity contribution in [3.05, 3.63) is 85.0 Å². The molecule has 0 fully saturated rings. The molecule has 1 heterocycles. The number of hydrogen-bond donors (Lipinski definition) is 0. The quantitative estimate of drug-likeness (QED) is 0.359. The maximum absolute atomic E-state index is 11.5. The Hall–Kier alpha value is -2.18. The number of halogens is 1.